The van der Waals surface area contributed by atoms with Gasteiger partial charge in [-0.1, -0.05) is 43.2 Å². The second-order valence-corrected chi connectivity index (χ2v) is 9.22. The van der Waals surface area contributed by atoms with E-state index in [0.717, 1.165) is 31.2 Å². The zero-order valence-electron chi connectivity index (χ0n) is 15.1. The summed E-state index contributed by atoms with van der Waals surface area (Å²) in [5, 5.41) is 3.20. The molecular weight excluding hydrogens is 360 g/mol. The number of carbonyl (C=O) groups is 1. The highest BCUT2D eigenvalue weighted by atomic mass is 32.2. The fourth-order valence-electron chi connectivity index (χ4n) is 3.84. The highest BCUT2D eigenvalue weighted by Gasteiger charge is 2.51. The molecule has 2 aliphatic rings. The third-order valence-electron chi connectivity index (χ3n) is 5.62. The topological polar surface area (TPSA) is 75.3 Å². The van der Waals surface area contributed by atoms with Gasteiger partial charge in [0, 0.05) is 11.7 Å². The van der Waals surface area contributed by atoms with E-state index in [1.807, 2.05) is 12.1 Å². The van der Waals surface area contributed by atoms with Gasteiger partial charge in [-0.15, -0.1) is 0 Å². The summed E-state index contributed by atoms with van der Waals surface area (Å²) < 4.78 is 27.4. The number of hydrogen-bond acceptors (Lipinski definition) is 3. The van der Waals surface area contributed by atoms with Gasteiger partial charge in [0.2, 0.25) is 5.91 Å². The lowest BCUT2D eigenvalue weighted by Crippen LogP contribution is -2.40. The Bertz CT molecular complexity index is 914. The number of benzene rings is 2. The summed E-state index contributed by atoms with van der Waals surface area (Å²) in [6.07, 6.45) is 6.22. The van der Waals surface area contributed by atoms with Gasteiger partial charge in [-0.05, 0) is 55.5 Å². The molecule has 2 aromatic rings. The first-order valence-electron chi connectivity index (χ1n) is 9.49. The van der Waals surface area contributed by atoms with Crippen molar-refractivity contribution in [3.8, 4) is 0 Å². The fraction of sp³-hybridized carbons (Fsp3) is 0.381. The van der Waals surface area contributed by atoms with Crippen molar-refractivity contribution in [2.45, 2.75) is 54.9 Å². The first-order valence-corrected chi connectivity index (χ1v) is 11.0. The monoisotopic (exact) mass is 384 g/mol. The number of hydrogen-bond donors (Lipinski definition) is 2. The Balaban J connectivity index is 1.47. The van der Waals surface area contributed by atoms with E-state index in [2.05, 4.69) is 10.0 Å². The third-order valence-corrected chi connectivity index (χ3v) is 7.02. The van der Waals surface area contributed by atoms with Crippen molar-refractivity contribution in [3.05, 3.63) is 60.2 Å². The van der Waals surface area contributed by atoms with Gasteiger partial charge in [0.15, 0.2) is 0 Å². The SMILES string of the molecule is O=C(NC1CCCC1)C1(c2ccc(NS(=O)(=O)c3ccccc3)cc2)CC1. The van der Waals surface area contributed by atoms with Gasteiger partial charge < -0.3 is 5.32 Å². The van der Waals surface area contributed by atoms with Gasteiger partial charge in [-0.25, -0.2) is 8.42 Å². The molecule has 0 heterocycles. The molecule has 2 aliphatic carbocycles. The van der Waals surface area contributed by atoms with Crippen LogP contribution in [0.25, 0.3) is 0 Å². The van der Waals surface area contributed by atoms with Crippen molar-refractivity contribution >= 4 is 21.6 Å². The number of anilines is 1. The maximum atomic E-state index is 12.8. The zero-order valence-corrected chi connectivity index (χ0v) is 16.0. The molecule has 0 aromatic heterocycles. The minimum atomic E-state index is -3.61. The minimum Gasteiger partial charge on any atom is -0.353 e. The highest BCUT2D eigenvalue weighted by Crippen LogP contribution is 2.49. The second-order valence-electron chi connectivity index (χ2n) is 7.53. The second kappa shape index (κ2) is 7.00. The number of amides is 1. The first kappa shape index (κ1) is 18.0. The molecule has 0 atom stereocenters. The summed E-state index contributed by atoms with van der Waals surface area (Å²) in [7, 11) is -3.61. The first-order chi connectivity index (χ1) is 13.0. The standard InChI is InChI=1S/C21H24N2O3S/c24-20(22-17-6-4-5-7-17)21(14-15-21)16-10-12-18(13-11-16)23-27(25,26)19-8-2-1-3-9-19/h1-3,8-13,17,23H,4-7,14-15H2,(H,22,24). The molecule has 0 aliphatic heterocycles. The van der Waals surface area contributed by atoms with Crippen molar-refractivity contribution in [1.82, 2.24) is 5.32 Å². The highest BCUT2D eigenvalue weighted by molar-refractivity contribution is 7.92. The van der Waals surface area contributed by atoms with Crippen molar-refractivity contribution in [1.29, 1.82) is 0 Å². The van der Waals surface area contributed by atoms with Crippen LogP contribution in [0.3, 0.4) is 0 Å². The Morgan fingerprint density at radius 2 is 1.56 bits per heavy atom. The van der Waals surface area contributed by atoms with Crippen LogP contribution < -0.4 is 10.0 Å². The van der Waals surface area contributed by atoms with Gasteiger partial charge in [0.25, 0.3) is 10.0 Å². The normalized spacial score (nSPS) is 18.8. The number of carbonyl (C=O) groups excluding carboxylic acids is 1. The zero-order chi connectivity index (χ0) is 18.9. The van der Waals surface area contributed by atoms with Crippen LogP contribution in [0.1, 0.15) is 44.1 Å². The summed E-state index contributed by atoms with van der Waals surface area (Å²) in [6, 6.07) is 15.8. The van der Waals surface area contributed by atoms with Crippen LogP contribution in [0.15, 0.2) is 59.5 Å². The van der Waals surface area contributed by atoms with Crippen molar-refractivity contribution in [2.24, 2.45) is 0 Å². The number of sulfonamides is 1. The summed E-state index contributed by atoms with van der Waals surface area (Å²) in [5.74, 6) is 0.118. The molecule has 0 spiro atoms. The van der Waals surface area contributed by atoms with E-state index in [1.54, 1.807) is 42.5 Å². The largest absolute Gasteiger partial charge is 0.353 e. The van der Waals surface area contributed by atoms with E-state index < -0.39 is 15.4 Å². The molecule has 4 rings (SSSR count). The van der Waals surface area contributed by atoms with Gasteiger partial charge in [-0.3, -0.25) is 9.52 Å². The van der Waals surface area contributed by atoms with Crippen LogP contribution in [-0.2, 0) is 20.2 Å². The molecule has 142 valence electrons. The van der Waals surface area contributed by atoms with Gasteiger partial charge >= 0.3 is 0 Å². The van der Waals surface area contributed by atoms with E-state index in [1.165, 1.54) is 12.8 Å². The molecule has 5 nitrogen and oxygen atoms in total. The predicted octanol–water partition coefficient (Wildman–Crippen LogP) is 3.58. The molecule has 27 heavy (non-hydrogen) atoms. The smallest absolute Gasteiger partial charge is 0.261 e. The molecule has 1 amide bonds. The molecule has 2 N–H and O–H groups in total. The van der Waals surface area contributed by atoms with Crippen molar-refractivity contribution in [2.75, 3.05) is 4.72 Å². The predicted molar refractivity (Wildman–Crippen MR) is 105 cm³/mol. The van der Waals surface area contributed by atoms with E-state index in [9.17, 15) is 13.2 Å². The molecule has 0 radical (unpaired) electrons. The van der Waals surface area contributed by atoms with E-state index in [0.29, 0.717) is 11.7 Å². The Morgan fingerprint density at radius 3 is 2.15 bits per heavy atom. The quantitative estimate of drug-likeness (QED) is 0.799. The summed E-state index contributed by atoms with van der Waals surface area (Å²) in [4.78, 5) is 13.0. The van der Waals surface area contributed by atoms with E-state index >= 15 is 0 Å². The van der Waals surface area contributed by atoms with E-state index in [-0.39, 0.29) is 10.8 Å². The average Bonchev–Trinajstić information content (AvgIpc) is 3.33. The van der Waals surface area contributed by atoms with Gasteiger partial charge in [-0.2, -0.15) is 0 Å². The lowest BCUT2D eigenvalue weighted by atomic mass is 9.94. The molecule has 2 fully saturated rings. The summed E-state index contributed by atoms with van der Waals surface area (Å²) in [5.41, 5.74) is 1.02. The fourth-order valence-corrected chi connectivity index (χ4v) is 4.92. The molecule has 2 saturated carbocycles. The lowest BCUT2D eigenvalue weighted by Gasteiger charge is -2.20. The Kier molecular flexibility index (Phi) is 4.68. The lowest BCUT2D eigenvalue weighted by molar-refractivity contribution is -0.124. The maximum Gasteiger partial charge on any atom is 0.261 e. The number of nitrogens with one attached hydrogen (secondary N) is 2. The van der Waals surface area contributed by atoms with Crippen LogP contribution in [0.4, 0.5) is 5.69 Å². The third kappa shape index (κ3) is 3.72. The van der Waals surface area contributed by atoms with E-state index in [4.69, 9.17) is 0 Å². The molecule has 0 bridgehead atoms. The summed E-state index contributed by atoms with van der Waals surface area (Å²) >= 11 is 0. The maximum absolute atomic E-state index is 12.8. The van der Waals surface area contributed by atoms with Crippen LogP contribution in [0, 0.1) is 0 Å². The van der Waals surface area contributed by atoms with Crippen LogP contribution in [0.2, 0.25) is 0 Å². The number of rotatable bonds is 6. The molecule has 0 saturated heterocycles. The molecule has 0 unspecified atom stereocenters. The molecular formula is C21H24N2O3S. The molecule has 6 heteroatoms. The average molecular weight is 385 g/mol. The van der Waals surface area contributed by atoms with Crippen molar-refractivity contribution < 1.29 is 13.2 Å². The summed E-state index contributed by atoms with van der Waals surface area (Å²) in [6.45, 7) is 0. The van der Waals surface area contributed by atoms with Gasteiger partial charge in [0.1, 0.15) is 0 Å². The van der Waals surface area contributed by atoms with Crippen LogP contribution in [0.5, 0.6) is 0 Å². The Hall–Kier alpha value is -2.34. The Morgan fingerprint density at radius 1 is 0.926 bits per heavy atom. The van der Waals surface area contributed by atoms with Crippen LogP contribution in [-0.4, -0.2) is 20.4 Å². The van der Waals surface area contributed by atoms with Crippen LogP contribution >= 0.6 is 0 Å². The Labute approximate surface area is 160 Å². The minimum absolute atomic E-state index is 0.118. The van der Waals surface area contributed by atoms with Gasteiger partial charge in [0.05, 0.1) is 10.3 Å². The molecule has 2 aromatic carbocycles. The van der Waals surface area contributed by atoms with Crippen molar-refractivity contribution in [3.63, 3.8) is 0 Å².